The van der Waals surface area contributed by atoms with Crippen molar-refractivity contribution >= 4 is 48.5 Å². The number of thiazole rings is 1. The van der Waals surface area contributed by atoms with Gasteiger partial charge in [0.05, 0.1) is 15.0 Å². The minimum absolute atomic E-state index is 0.0386. The molecule has 0 spiro atoms. The summed E-state index contributed by atoms with van der Waals surface area (Å²) in [7, 11) is 0. The SMILES string of the molecule is CC[C@H](Br)C(=O)Nc1nc2ccc(C)cc2s1. The smallest absolute Gasteiger partial charge is 0.239 e. The highest BCUT2D eigenvalue weighted by atomic mass is 79.9. The van der Waals surface area contributed by atoms with Gasteiger partial charge in [0.15, 0.2) is 5.13 Å². The summed E-state index contributed by atoms with van der Waals surface area (Å²) in [6, 6.07) is 6.07. The van der Waals surface area contributed by atoms with Crippen molar-refractivity contribution in [2.45, 2.75) is 25.1 Å². The number of halogens is 1. The van der Waals surface area contributed by atoms with E-state index in [1.807, 2.05) is 26.0 Å². The number of carbonyl (C=O) groups is 1. The predicted molar refractivity (Wildman–Crippen MR) is 76.0 cm³/mol. The number of aryl methyl sites for hydroxylation is 1. The minimum atomic E-state index is -0.156. The van der Waals surface area contributed by atoms with Gasteiger partial charge in [0.2, 0.25) is 5.91 Å². The van der Waals surface area contributed by atoms with Crippen LogP contribution in [0.2, 0.25) is 0 Å². The third-order valence-corrected chi connectivity index (χ3v) is 4.41. The van der Waals surface area contributed by atoms with Crippen molar-refractivity contribution in [1.29, 1.82) is 0 Å². The van der Waals surface area contributed by atoms with Crippen molar-refractivity contribution in [2.75, 3.05) is 5.32 Å². The van der Waals surface area contributed by atoms with E-state index in [0.29, 0.717) is 5.13 Å². The van der Waals surface area contributed by atoms with E-state index in [2.05, 4.69) is 32.3 Å². The average molecular weight is 313 g/mol. The lowest BCUT2D eigenvalue weighted by molar-refractivity contribution is -0.115. The van der Waals surface area contributed by atoms with Crippen molar-refractivity contribution in [1.82, 2.24) is 4.98 Å². The highest BCUT2D eigenvalue weighted by Crippen LogP contribution is 2.27. The second-order valence-corrected chi connectivity index (χ2v) is 5.99. The van der Waals surface area contributed by atoms with Gasteiger partial charge in [0.1, 0.15) is 0 Å². The highest BCUT2D eigenvalue weighted by Gasteiger charge is 2.14. The number of fused-ring (bicyclic) bond motifs is 1. The molecule has 3 nitrogen and oxygen atoms in total. The number of amides is 1. The van der Waals surface area contributed by atoms with Gasteiger partial charge in [0, 0.05) is 0 Å². The molecule has 1 amide bonds. The molecule has 17 heavy (non-hydrogen) atoms. The van der Waals surface area contributed by atoms with Crippen LogP contribution in [0.3, 0.4) is 0 Å². The second-order valence-electron chi connectivity index (χ2n) is 3.86. The molecule has 0 aliphatic carbocycles. The minimum Gasteiger partial charge on any atom is -0.301 e. The number of anilines is 1. The quantitative estimate of drug-likeness (QED) is 0.878. The van der Waals surface area contributed by atoms with Gasteiger partial charge in [-0.05, 0) is 31.0 Å². The zero-order chi connectivity index (χ0) is 12.4. The second kappa shape index (κ2) is 5.14. The Bertz CT molecular complexity index is 552. The maximum atomic E-state index is 11.7. The summed E-state index contributed by atoms with van der Waals surface area (Å²) in [4.78, 5) is 15.9. The Kier molecular flexibility index (Phi) is 3.79. The van der Waals surface area contributed by atoms with Gasteiger partial charge < -0.3 is 5.32 Å². The predicted octanol–water partition coefficient (Wildman–Crippen LogP) is 3.72. The number of alkyl halides is 1. The fourth-order valence-corrected chi connectivity index (χ4v) is 2.54. The summed E-state index contributed by atoms with van der Waals surface area (Å²) in [6.45, 7) is 4.00. The zero-order valence-electron chi connectivity index (χ0n) is 9.66. The number of rotatable bonds is 3. The van der Waals surface area contributed by atoms with Crippen molar-refractivity contribution < 1.29 is 4.79 Å². The molecule has 0 saturated heterocycles. The summed E-state index contributed by atoms with van der Waals surface area (Å²) in [5, 5.41) is 3.48. The van der Waals surface area contributed by atoms with Gasteiger partial charge in [-0.1, -0.05) is 40.3 Å². The molecule has 0 saturated carbocycles. The molecule has 1 heterocycles. The molecule has 1 aromatic heterocycles. The highest BCUT2D eigenvalue weighted by molar-refractivity contribution is 9.10. The molecule has 0 fully saturated rings. The Hall–Kier alpha value is -0.940. The molecule has 5 heteroatoms. The largest absolute Gasteiger partial charge is 0.301 e. The number of hydrogen-bond acceptors (Lipinski definition) is 3. The number of benzene rings is 1. The normalized spacial score (nSPS) is 12.6. The number of nitrogens with zero attached hydrogens (tertiary/aromatic N) is 1. The lowest BCUT2D eigenvalue weighted by Gasteiger charge is -2.04. The molecule has 0 aliphatic rings. The number of aromatic nitrogens is 1. The number of nitrogens with one attached hydrogen (secondary N) is 1. The van der Waals surface area contributed by atoms with Crippen molar-refractivity contribution in [2.24, 2.45) is 0 Å². The summed E-state index contributed by atoms with van der Waals surface area (Å²) >= 11 is 4.82. The Morgan fingerprint density at radius 2 is 2.35 bits per heavy atom. The van der Waals surface area contributed by atoms with Crippen LogP contribution in [0.5, 0.6) is 0 Å². The molecule has 90 valence electrons. The fourth-order valence-electron chi connectivity index (χ4n) is 1.45. The van der Waals surface area contributed by atoms with E-state index < -0.39 is 0 Å². The number of carbonyl (C=O) groups excluding carboxylic acids is 1. The third-order valence-electron chi connectivity index (χ3n) is 2.42. The van der Waals surface area contributed by atoms with Crippen LogP contribution in [-0.2, 0) is 4.79 Å². The third kappa shape index (κ3) is 2.84. The topological polar surface area (TPSA) is 42.0 Å². The molecule has 1 N–H and O–H groups in total. The van der Waals surface area contributed by atoms with Crippen LogP contribution in [0.25, 0.3) is 10.2 Å². The first kappa shape index (κ1) is 12.5. The van der Waals surface area contributed by atoms with Gasteiger partial charge in [-0.3, -0.25) is 4.79 Å². The molecule has 0 aliphatic heterocycles. The monoisotopic (exact) mass is 312 g/mol. The van der Waals surface area contributed by atoms with Crippen LogP contribution >= 0.6 is 27.3 Å². The molecule has 1 aromatic carbocycles. The van der Waals surface area contributed by atoms with Crippen molar-refractivity contribution in [3.63, 3.8) is 0 Å². The molecule has 2 rings (SSSR count). The molecule has 0 bridgehead atoms. The first-order chi connectivity index (χ1) is 8.10. The van der Waals surface area contributed by atoms with Crippen LogP contribution in [0.15, 0.2) is 18.2 Å². The summed E-state index contributed by atoms with van der Waals surface area (Å²) < 4.78 is 1.10. The first-order valence-electron chi connectivity index (χ1n) is 5.42. The van der Waals surface area contributed by atoms with Gasteiger partial charge in [0.25, 0.3) is 0 Å². The standard InChI is InChI=1S/C12H13BrN2OS/c1-3-8(13)11(16)15-12-14-9-5-4-7(2)6-10(9)17-12/h4-6,8H,3H2,1-2H3,(H,14,15,16)/t8-/m0/s1. The van der Waals surface area contributed by atoms with E-state index >= 15 is 0 Å². The lowest BCUT2D eigenvalue weighted by Crippen LogP contribution is -2.21. The van der Waals surface area contributed by atoms with Gasteiger partial charge >= 0.3 is 0 Å². The summed E-state index contributed by atoms with van der Waals surface area (Å²) in [5.74, 6) is -0.0386. The van der Waals surface area contributed by atoms with Crippen LogP contribution in [0, 0.1) is 6.92 Å². The van der Waals surface area contributed by atoms with Crippen LogP contribution in [-0.4, -0.2) is 15.7 Å². The van der Waals surface area contributed by atoms with Crippen molar-refractivity contribution in [3.05, 3.63) is 23.8 Å². The Balaban J connectivity index is 2.22. The van der Waals surface area contributed by atoms with Gasteiger partial charge in [-0.15, -0.1) is 0 Å². The molecule has 1 atom stereocenters. The van der Waals surface area contributed by atoms with Gasteiger partial charge in [-0.25, -0.2) is 4.98 Å². The molecular weight excluding hydrogens is 300 g/mol. The van der Waals surface area contributed by atoms with Gasteiger partial charge in [-0.2, -0.15) is 0 Å². The van der Waals surface area contributed by atoms with E-state index in [0.717, 1.165) is 16.6 Å². The van der Waals surface area contributed by atoms with Crippen LogP contribution < -0.4 is 5.32 Å². The molecule has 0 unspecified atom stereocenters. The van der Waals surface area contributed by atoms with E-state index in [1.165, 1.54) is 16.9 Å². The maximum absolute atomic E-state index is 11.7. The molecular formula is C12H13BrN2OS. The Labute approximate surface area is 112 Å². The zero-order valence-corrected chi connectivity index (χ0v) is 12.1. The average Bonchev–Trinajstić information content (AvgIpc) is 2.69. The van der Waals surface area contributed by atoms with Crippen LogP contribution in [0.1, 0.15) is 18.9 Å². The summed E-state index contributed by atoms with van der Waals surface area (Å²) in [6.07, 6.45) is 0.760. The lowest BCUT2D eigenvalue weighted by atomic mass is 10.2. The number of hydrogen-bond donors (Lipinski definition) is 1. The van der Waals surface area contributed by atoms with E-state index in [1.54, 1.807) is 0 Å². The van der Waals surface area contributed by atoms with E-state index in [-0.39, 0.29) is 10.7 Å². The first-order valence-corrected chi connectivity index (χ1v) is 7.15. The van der Waals surface area contributed by atoms with Crippen LogP contribution in [0.4, 0.5) is 5.13 Å². The Morgan fingerprint density at radius 3 is 3.06 bits per heavy atom. The molecule has 0 radical (unpaired) electrons. The molecule has 2 aromatic rings. The van der Waals surface area contributed by atoms with E-state index in [9.17, 15) is 4.79 Å². The summed E-state index contributed by atoms with van der Waals surface area (Å²) in [5.41, 5.74) is 2.13. The van der Waals surface area contributed by atoms with Crippen molar-refractivity contribution in [3.8, 4) is 0 Å². The fraction of sp³-hybridized carbons (Fsp3) is 0.333. The Morgan fingerprint density at radius 1 is 1.59 bits per heavy atom. The van der Waals surface area contributed by atoms with E-state index in [4.69, 9.17) is 0 Å². The maximum Gasteiger partial charge on any atom is 0.239 e.